The second-order valence-corrected chi connectivity index (χ2v) is 6.18. The number of aryl methyl sites for hydroxylation is 1. The van der Waals surface area contributed by atoms with Crippen molar-refractivity contribution in [1.29, 1.82) is 0 Å². The highest BCUT2D eigenvalue weighted by Crippen LogP contribution is 2.29. The third-order valence-corrected chi connectivity index (χ3v) is 4.70. The fraction of sp³-hybridized carbons (Fsp3) is 0.444. The van der Waals surface area contributed by atoms with Crippen molar-refractivity contribution in [2.24, 2.45) is 0 Å². The van der Waals surface area contributed by atoms with Crippen LogP contribution in [0.3, 0.4) is 0 Å². The first kappa shape index (κ1) is 16.4. The van der Waals surface area contributed by atoms with Crippen LogP contribution >= 0.6 is 0 Å². The maximum atomic E-state index is 6.25. The first-order valence-electron chi connectivity index (χ1n) is 8.52. The zero-order valence-electron chi connectivity index (χ0n) is 14.7. The van der Waals surface area contributed by atoms with Gasteiger partial charge in [0, 0.05) is 38.4 Å². The number of nitrogens with one attached hydrogen (secondary N) is 1. The van der Waals surface area contributed by atoms with Crippen LogP contribution in [0.15, 0.2) is 24.5 Å². The number of nitrogens with zero attached hydrogens (tertiary/aromatic N) is 4. The van der Waals surface area contributed by atoms with E-state index < -0.39 is 0 Å². The number of aromatic nitrogens is 2. The summed E-state index contributed by atoms with van der Waals surface area (Å²) in [5.41, 5.74) is 10.9. The van der Waals surface area contributed by atoms with Gasteiger partial charge in [0.1, 0.15) is 12.0 Å². The Kier molecular flexibility index (Phi) is 4.74. The molecule has 0 bridgehead atoms. The van der Waals surface area contributed by atoms with Crippen LogP contribution in [0.5, 0.6) is 0 Å². The molecule has 6 nitrogen and oxygen atoms in total. The van der Waals surface area contributed by atoms with E-state index in [1.165, 1.54) is 16.8 Å². The van der Waals surface area contributed by atoms with Crippen molar-refractivity contribution in [3.05, 3.63) is 35.7 Å². The highest BCUT2D eigenvalue weighted by molar-refractivity contribution is 5.75. The van der Waals surface area contributed by atoms with Gasteiger partial charge in [0.05, 0.1) is 0 Å². The molecule has 6 heteroatoms. The molecule has 0 unspecified atom stereocenters. The molecule has 1 aliphatic heterocycles. The van der Waals surface area contributed by atoms with Gasteiger partial charge in [-0.25, -0.2) is 9.97 Å². The van der Waals surface area contributed by atoms with Gasteiger partial charge in [-0.3, -0.25) is 0 Å². The second-order valence-electron chi connectivity index (χ2n) is 6.18. The molecule has 0 spiro atoms. The molecule has 3 N–H and O–H groups in total. The van der Waals surface area contributed by atoms with E-state index in [4.69, 9.17) is 5.73 Å². The first-order chi connectivity index (χ1) is 11.6. The monoisotopic (exact) mass is 326 g/mol. The second kappa shape index (κ2) is 6.95. The minimum Gasteiger partial charge on any atom is -0.393 e. The Morgan fingerprint density at radius 3 is 2.50 bits per heavy atom. The standard InChI is InChI=1S/C18H26N6/c1-4-20-17-16(19)18(22-12-21-17)24-10-8-23(9-11-24)15-7-5-6-13(2)14(15)3/h5-7,12H,4,8-11,19H2,1-3H3,(H,20,21,22). The van der Waals surface area contributed by atoms with Crippen LogP contribution < -0.4 is 20.9 Å². The molecule has 1 saturated heterocycles. The number of piperazine rings is 1. The molecule has 0 amide bonds. The van der Waals surface area contributed by atoms with Crippen molar-refractivity contribution in [3.63, 3.8) is 0 Å². The summed E-state index contributed by atoms with van der Waals surface area (Å²) < 4.78 is 0. The van der Waals surface area contributed by atoms with Gasteiger partial charge in [-0.15, -0.1) is 0 Å². The molecule has 0 aliphatic carbocycles. The van der Waals surface area contributed by atoms with Crippen molar-refractivity contribution < 1.29 is 0 Å². The zero-order chi connectivity index (χ0) is 17.1. The Balaban J connectivity index is 1.74. The molecule has 1 aromatic carbocycles. The average Bonchev–Trinajstić information content (AvgIpc) is 2.60. The van der Waals surface area contributed by atoms with Crippen LogP contribution in [0, 0.1) is 13.8 Å². The number of rotatable bonds is 4. The fourth-order valence-corrected chi connectivity index (χ4v) is 3.18. The van der Waals surface area contributed by atoms with Crippen molar-refractivity contribution in [1.82, 2.24) is 9.97 Å². The highest BCUT2D eigenvalue weighted by Gasteiger charge is 2.22. The minimum atomic E-state index is 0.638. The topological polar surface area (TPSA) is 70.3 Å². The molecule has 0 atom stereocenters. The van der Waals surface area contributed by atoms with Crippen molar-refractivity contribution in [2.45, 2.75) is 20.8 Å². The molecular formula is C18H26N6. The lowest BCUT2D eigenvalue weighted by molar-refractivity contribution is 0.646. The molecule has 128 valence electrons. The molecule has 0 radical (unpaired) electrons. The summed E-state index contributed by atoms with van der Waals surface area (Å²) in [4.78, 5) is 13.3. The summed E-state index contributed by atoms with van der Waals surface area (Å²) in [5.74, 6) is 1.56. The largest absolute Gasteiger partial charge is 0.393 e. The summed E-state index contributed by atoms with van der Waals surface area (Å²) in [5, 5.41) is 3.19. The van der Waals surface area contributed by atoms with E-state index in [0.717, 1.165) is 44.4 Å². The number of anilines is 4. The molecule has 2 aromatic rings. The molecular weight excluding hydrogens is 300 g/mol. The van der Waals surface area contributed by atoms with Crippen molar-refractivity contribution in [3.8, 4) is 0 Å². The SMILES string of the molecule is CCNc1ncnc(N2CCN(c3cccc(C)c3C)CC2)c1N. The van der Waals surface area contributed by atoms with E-state index in [1.54, 1.807) is 6.33 Å². The smallest absolute Gasteiger partial charge is 0.157 e. The summed E-state index contributed by atoms with van der Waals surface area (Å²) in [7, 11) is 0. The fourth-order valence-electron chi connectivity index (χ4n) is 3.18. The third-order valence-electron chi connectivity index (χ3n) is 4.70. The van der Waals surface area contributed by atoms with Crippen LogP contribution in [0.4, 0.5) is 23.0 Å². The minimum absolute atomic E-state index is 0.638. The summed E-state index contributed by atoms with van der Waals surface area (Å²) in [6.07, 6.45) is 1.58. The van der Waals surface area contributed by atoms with Gasteiger partial charge in [-0.1, -0.05) is 12.1 Å². The van der Waals surface area contributed by atoms with Crippen molar-refractivity contribution in [2.75, 3.05) is 53.6 Å². The predicted octanol–water partition coefficient (Wildman–Crippen LogP) is 2.43. The Morgan fingerprint density at radius 1 is 1.08 bits per heavy atom. The van der Waals surface area contributed by atoms with Crippen LogP contribution in [0.2, 0.25) is 0 Å². The van der Waals surface area contributed by atoms with E-state index in [0.29, 0.717) is 5.69 Å². The number of benzene rings is 1. The van der Waals surface area contributed by atoms with Crippen molar-refractivity contribution >= 4 is 23.0 Å². The molecule has 1 aliphatic rings. The normalized spacial score (nSPS) is 14.8. The lowest BCUT2D eigenvalue weighted by atomic mass is 10.1. The van der Waals surface area contributed by atoms with Gasteiger partial charge in [0.25, 0.3) is 0 Å². The first-order valence-corrected chi connectivity index (χ1v) is 8.52. The maximum Gasteiger partial charge on any atom is 0.157 e. The molecule has 24 heavy (non-hydrogen) atoms. The van der Waals surface area contributed by atoms with E-state index in [-0.39, 0.29) is 0 Å². The molecule has 1 fully saturated rings. The highest BCUT2D eigenvalue weighted by atomic mass is 15.3. The number of nitrogens with two attached hydrogens (primary N) is 1. The molecule has 3 rings (SSSR count). The summed E-state index contributed by atoms with van der Waals surface area (Å²) in [6.45, 7) is 10.9. The maximum absolute atomic E-state index is 6.25. The Hall–Kier alpha value is -2.50. The molecule has 1 aromatic heterocycles. The van der Waals surface area contributed by atoms with Gasteiger partial charge in [0.2, 0.25) is 0 Å². The molecule has 0 saturated carbocycles. The van der Waals surface area contributed by atoms with Gasteiger partial charge in [-0.2, -0.15) is 0 Å². The molecule has 2 heterocycles. The Bertz CT molecular complexity index is 707. The van der Waals surface area contributed by atoms with Crippen LogP contribution in [0.25, 0.3) is 0 Å². The summed E-state index contributed by atoms with van der Waals surface area (Å²) in [6, 6.07) is 6.51. The lowest BCUT2D eigenvalue weighted by Gasteiger charge is -2.38. The average molecular weight is 326 g/mol. The van der Waals surface area contributed by atoms with Crippen LogP contribution in [0.1, 0.15) is 18.1 Å². The number of hydrogen-bond acceptors (Lipinski definition) is 6. The van der Waals surface area contributed by atoms with Crippen LogP contribution in [-0.2, 0) is 0 Å². The Labute approximate surface area is 143 Å². The lowest BCUT2D eigenvalue weighted by Crippen LogP contribution is -2.47. The number of nitrogen functional groups attached to an aromatic ring is 1. The van der Waals surface area contributed by atoms with E-state index in [2.05, 4.69) is 57.1 Å². The van der Waals surface area contributed by atoms with Gasteiger partial charge in [-0.05, 0) is 38.0 Å². The third kappa shape index (κ3) is 3.09. The predicted molar refractivity (Wildman–Crippen MR) is 101 cm³/mol. The van der Waals surface area contributed by atoms with Gasteiger partial charge < -0.3 is 20.9 Å². The quantitative estimate of drug-likeness (QED) is 0.899. The zero-order valence-corrected chi connectivity index (χ0v) is 14.7. The van der Waals surface area contributed by atoms with E-state index in [9.17, 15) is 0 Å². The summed E-state index contributed by atoms with van der Waals surface area (Å²) >= 11 is 0. The van der Waals surface area contributed by atoms with E-state index in [1.807, 2.05) is 6.92 Å². The van der Waals surface area contributed by atoms with Gasteiger partial charge >= 0.3 is 0 Å². The van der Waals surface area contributed by atoms with Crippen LogP contribution in [-0.4, -0.2) is 42.7 Å². The van der Waals surface area contributed by atoms with E-state index >= 15 is 0 Å². The Morgan fingerprint density at radius 2 is 1.79 bits per heavy atom. The number of hydrogen-bond donors (Lipinski definition) is 2. The van der Waals surface area contributed by atoms with Gasteiger partial charge in [0.15, 0.2) is 11.6 Å².